The summed E-state index contributed by atoms with van der Waals surface area (Å²) in [6.07, 6.45) is 3.81. The Kier molecular flexibility index (Phi) is 2.71. The topological polar surface area (TPSA) is 43.4 Å². The third-order valence-electron chi connectivity index (χ3n) is 1.55. The molecule has 0 bridgehead atoms. The molecule has 1 rings (SSSR count). The summed E-state index contributed by atoms with van der Waals surface area (Å²) in [5.41, 5.74) is 0. The van der Waals surface area contributed by atoms with Crippen molar-refractivity contribution in [3.05, 3.63) is 0 Å². The van der Waals surface area contributed by atoms with Crippen molar-refractivity contribution in [2.75, 3.05) is 0 Å². The molecule has 60 valence electrons. The first-order valence-corrected chi connectivity index (χ1v) is 6.46. The van der Waals surface area contributed by atoms with Gasteiger partial charge in [0.1, 0.15) is 0 Å². The fourth-order valence-electron chi connectivity index (χ4n) is 1.15. The third kappa shape index (κ3) is 2.98. The van der Waals surface area contributed by atoms with Gasteiger partial charge in [0.05, 0.1) is 20.9 Å². The van der Waals surface area contributed by atoms with Crippen LogP contribution >= 0.6 is 14.8 Å². The highest BCUT2D eigenvalue weighted by Crippen LogP contribution is 2.23. The number of halogens is 1. The molecular formula is C5H9BrO3S. The average Bonchev–Trinajstić information content (AvgIpc) is 2.12. The van der Waals surface area contributed by atoms with Crippen LogP contribution in [0.25, 0.3) is 0 Å². The van der Waals surface area contributed by atoms with Gasteiger partial charge in [0.15, 0.2) is 0 Å². The van der Waals surface area contributed by atoms with E-state index in [-0.39, 0.29) is 6.10 Å². The van der Waals surface area contributed by atoms with Crippen molar-refractivity contribution in [3.63, 3.8) is 0 Å². The number of hydrogen-bond acceptors (Lipinski definition) is 3. The Labute approximate surface area is 68.1 Å². The summed E-state index contributed by atoms with van der Waals surface area (Å²) in [5, 5.41) is 0. The van der Waals surface area contributed by atoms with Crippen molar-refractivity contribution in [1.82, 2.24) is 0 Å². The van der Waals surface area contributed by atoms with Crippen LogP contribution in [0.4, 0.5) is 0 Å². The Hall–Kier alpha value is 0.390. The van der Waals surface area contributed by atoms with Crippen LogP contribution in [0.15, 0.2) is 0 Å². The molecular weight excluding hydrogens is 220 g/mol. The van der Waals surface area contributed by atoms with Gasteiger partial charge in [-0.3, -0.25) is 4.18 Å². The lowest BCUT2D eigenvalue weighted by atomic mass is 10.3. The molecule has 0 saturated heterocycles. The molecule has 0 aromatic carbocycles. The van der Waals surface area contributed by atoms with Crippen LogP contribution < -0.4 is 0 Å². The maximum Gasteiger partial charge on any atom is 0.329 e. The zero-order chi connectivity index (χ0) is 7.61. The normalized spacial score (nSPS) is 21.7. The second kappa shape index (κ2) is 3.19. The maximum atomic E-state index is 10.5. The summed E-state index contributed by atoms with van der Waals surface area (Å²) in [6, 6.07) is 0. The zero-order valence-corrected chi connectivity index (χ0v) is 7.82. The van der Waals surface area contributed by atoms with Crippen LogP contribution in [0, 0.1) is 0 Å². The van der Waals surface area contributed by atoms with Gasteiger partial charge < -0.3 is 0 Å². The number of hydrogen-bond donors (Lipinski definition) is 0. The summed E-state index contributed by atoms with van der Waals surface area (Å²) in [7, 11) is -3.40. The van der Waals surface area contributed by atoms with Crippen molar-refractivity contribution in [2.24, 2.45) is 0 Å². The minimum Gasteiger partial charge on any atom is -0.258 e. The van der Waals surface area contributed by atoms with Crippen LogP contribution in [0.2, 0.25) is 0 Å². The lowest BCUT2D eigenvalue weighted by Gasteiger charge is -2.05. The first-order valence-electron chi connectivity index (χ1n) is 3.21. The Balaban J connectivity index is 2.38. The van der Waals surface area contributed by atoms with Crippen LogP contribution in [-0.2, 0) is 12.7 Å². The van der Waals surface area contributed by atoms with E-state index in [1.165, 1.54) is 0 Å². The zero-order valence-electron chi connectivity index (χ0n) is 5.42. The predicted molar refractivity (Wildman–Crippen MR) is 41.2 cm³/mol. The van der Waals surface area contributed by atoms with E-state index in [0.29, 0.717) is 0 Å². The molecule has 1 aliphatic rings. The molecule has 1 fully saturated rings. The maximum absolute atomic E-state index is 10.5. The van der Waals surface area contributed by atoms with E-state index in [4.69, 9.17) is 0 Å². The van der Waals surface area contributed by atoms with Gasteiger partial charge in [0.2, 0.25) is 0 Å². The second-order valence-corrected chi connectivity index (χ2v) is 5.75. The molecule has 0 aromatic rings. The SMILES string of the molecule is O=S(=O)(Br)OC1CCCC1. The number of rotatable bonds is 2. The van der Waals surface area contributed by atoms with Crippen LogP contribution in [0.1, 0.15) is 25.7 Å². The van der Waals surface area contributed by atoms with Crippen LogP contribution in [0.3, 0.4) is 0 Å². The lowest BCUT2D eigenvalue weighted by Crippen LogP contribution is -2.09. The summed E-state index contributed by atoms with van der Waals surface area (Å²) >= 11 is 2.44. The summed E-state index contributed by atoms with van der Waals surface area (Å²) in [5.74, 6) is 0. The van der Waals surface area contributed by atoms with Crippen molar-refractivity contribution in [2.45, 2.75) is 31.8 Å². The van der Waals surface area contributed by atoms with Gasteiger partial charge >= 0.3 is 8.55 Å². The van der Waals surface area contributed by atoms with Gasteiger partial charge in [-0.1, -0.05) is 12.8 Å². The van der Waals surface area contributed by atoms with E-state index in [0.717, 1.165) is 25.7 Å². The molecule has 0 aromatic heterocycles. The molecule has 0 atom stereocenters. The first-order chi connectivity index (χ1) is 4.58. The molecule has 0 N–H and O–H groups in total. The van der Waals surface area contributed by atoms with Crippen molar-refractivity contribution < 1.29 is 12.6 Å². The molecule has 0 aliphatic heterocycles. The minimum absolute atomic E-state index is 0.0793. The summed E-state index contributed by atoms with van der Waals surface area (Å²) < 4.78 is 25.7. The minimum atomic E-state index is -3.40. The quantitative estimate of drug-likeness (QED) is 0.675. The smallest absolute Gasteiger partial charge is 0.258 e. The molecule has 3 nitrogen and oxygen atoms in total. The van der Waals surface area contributed by atoms with Gasteiger partial charge in [-0.2, -0.15) is 8.42 Å². The lowest BCUT2D eigenvalue weighted by molar-refractivity contribution is 0.225. The Morgan fingerprint density at radius 3 is 2.20 bits per heavy atom. The Bertz CT molecular complexity index is 193. The molecule has 0 unspecified atom stereocenters. The average molecular weight is 229 g/mol. The fourth-order valence-corrected chi connectivity index (χ4v) is 2.31. The molecule has 5 heteroatoms. The first kappa shape index (κ1) is 8.49. The Morgan fingerprint density at radius 1 is 1.30 bits per heavy atom. The van der Waals surface area contributed by atoms with E-state index in [9.17, 15) is 8.42 Å². The monoisotopic (exact) mass is 228 g/mol. The van der Waals surface area contributed by atoms with Crippen LogP contribution in [0.5, 0.6) is 0 Å². The largest absolute Gasteiger partial charge is 0.329 e. The molecule has 10 heavy (non-hydrogen) atoms. The molecule has 1 aliphatic carbocycles. The van der Waals surface area contributed by atoms with E-state index in [1.54, 1.807) is 0 Å². The standard InChI is InChI=1S/C5H9BrO3S/c6-10(7,8)9-5-3-1-2-4-5/h5H,1-4H2. The van der Waals surface area contributed by atoms with Gasteiger partial charge in [0, 0.05) is 0 Å². The van der Waals surface area contributed by atoms with Gasteiger partial charge in [-0.25, -0.2) is 0 Å². The van der Waals surface area contributed by atoms with E-state index >= 15 is 0 Å². The highest BCUT2D eigenvalue weighted by atomic mass is 79.9. The fraction of sp³-hybridized carbons (Fsp3) is 1.00. The van der Waals surface area contributed by atoms with Gasteiger partial charge in [-0.05, 0) is 12.8 Å². The highest BCUT2D eigenvalue weighted by Gasteiger charge is 2.20. The van der Waals surface area contributed by atoms with Crippen molar-refractivity contribution in [3.8, 4) is 0 Å². The predicted octanol–water partition coefficient (Wildman–Crippen LogP) is 1.59. The summed E-state index contributed by atoms with van der Waals surface area (Å²) in [4.78, 5) is 0. The van der Waals surface area contributed by atoms with E-state index in [2.05, 4.69) is 19.0 Å². The van der Waals surface area contributed by atoms with Crippen molar-refractivity contribution >= 4 is 23.4 Å². The second-order valence-electron chi connectivity index (χ2n) is 2.40. The highest BCUT2D eigenvalue weighted by molar-refractivity contribution is 9.46. The molecule has 0 spiro atoms. The van der Waals surface area contributed by atoms with E-state index in [1.807, 2.05) is 0 Å². The molecule has 0 amide bonds. The summed E-state index contributed by atoms with van der Waals surface area (Å²) in [6.45, 7) is 0. The molecule has 0 heterocycles. The van der Waals surface area contributed by atoms with E-state index < -0.39 is 8.55 Å². The van der Waals surface area contributed by atoms with Gasteiger partial charge in [-0.15, -0.1) is 0 Å². The third-order valence-corrected chi connectivity index (χ3v) is 2.51. The molecule has 0 radical (unpaired) electrons. The van der Waals surface area contributed by atoms with Crippen molar-refractivity contribution in [1.29, 1.82) is 0 Å². The van der Waals surface area contributed by atoms with Gasteiger partial charge in [0.25, 0.3) is 0 Å². The Morgan fingerprint density at radius 2 is 1.80 bits per heavy atom. The van der Waals surface area contributed by atoms with Crippen LogP contribution in [-0.4, -0.2) is 14.5 Å². The molecule has 1 saturated carbocycles.